The van der Waals surface area contributed by atoms with Crippen LogP contribution in [0.4, 0.5) is 5.69 Å². The van der Waals surface area contributed by atoms with E-state index >= 15 is 0 Å². The summed E-state index contributed by atoms with van der Waals surface area (Å²) in [5.41, 5.74) is 2.94. The minimum absolute atomic E-state index is 0.131. The molecule has 0 saturated heterocycles. The van der Waals surface area contributed by atoms with Crippen LogP contribution in [-0.4, -0.2) is 38.3 Å². The first-order chi connectivity index (χ1) is 9.51. The molecule has 0 aliphatic rings. The molecule has 1 aromatic carbocycles. The second-order valence-electron chi connectivity index (χ2n) is 4.25. The van der Waals surface area contributed by atoms with Crippen LogP contribution in [0.2, 0.25) is 0 Å². The summed E-state index contributed by atoms with van der Waals surface area (Å²) in [7, 11) is 1.35. The summed E-state index contributed by atoms with van der Waals surface area (Å²) in [5.74, 6) is 3.58. The molecular formula is C12H19ClN3O3P. The number of benzene rings is 1. The normalized spacial score (nSPS) is 13.6. The van der Waals surface area contributed by atoms with Crippen LogP contribution in [0.1, 0.15) is 0 Å². The number of nitrogens with two attached hydrogens (primary N) is 1. The third-order valence-electron chi connectivity index (χ3n) is 2.65. The van der Waals surface area contributed by atoms with Gasteiger partial charge in [0.1, 0.15) is 7.80 Å². The van der Waals surface area contributed by atoms with Crippen molar-refractivity contribution in [3.8, 4) is 0 Å². The maximum Gasteiger partial charge on any atom is 0.270 e. The van der Waals surface area contributed by atoms with Gasteiger partial charge in [-0.3, -0.25) is 10.2 Å². The van der Waals surface area contributed by atoms with Gasteiger partial charge in [-0.05, 0) is 24.3 Å². The summed E-state index contributed by atoms with van der Waals surface area (Å²) >= 11 is 5.52. The van der Waals surface area contributed by atoms with Crippen LogP contribution in [0, 0.1) is 0 Å². The van der Waals surface area contributed by atoms with Crippen LogP contribution >= 0.6 is 19.4 Å². The number of alkyl halides is 1. The Morgan fingerprint density at radius 3 is 2.50 bits per heavy atom. The van der Waals surface area contributed by atoms with Crippen molar-refractivity contribution in [2.45, 2.75) is 5.85 Å². The van der Waals surface area contributed by atoms with Crippen molar-refractivity contribution < 1.29 is 14.1 Å². The third-order valence-corrected chi connectivity index (χ3v) is 4.61. The van der Waals surface area contributed by atoms with E-state index in [0.29, 0.717) is 5.30 Å². The van der Waals surface area contributed by atoms with Crippen molar-refractivity contribution >= 4 is 36.3 Å². The number of amides is 1. The van der Waals surface area contributed by atoms with Gasteiger partial charge in [-0.1, -0.05) is 0 Å². The molecule has 2 atom stereocenters. The third kappa shape index (κ3) is 4.49. The summed E-state index contributed by atoms with van der Waals surface area (Å²) in [6.45, 7) is 0.131. The largest absolute Gasteiger partial charge is 0.378 e. The lowest BCUT2D eigenvalue weighted by molar-refractivity contribution is -0.127. The fourth-order valence-corrected chi connectivity index (χ4v) is 3.06. The lowest BCUT2D eigenvalue weighted by atomic mass is 10.3. The maximum atomic E-state index is 12.4. The number of ether oxygens (including phenoxy) is 1. The molecule has 0 radical (unpaired) electrons. The fourth-order valence-electron chi connectivity index (χ4n) is 1.58. The summed E-state index contributed by atoms with van der Waals surface area (Å²) < 4.78 is 17.7. The van der Waals surface area contributed by atoms with E-state index in [-0.39, 0.29) is 12.5 Å². The van der Waals surface area contributed by atoms with Gasteiger partial charge in [0, 0.05) is 31.0 Å². The minimum Gasteiger partial charge on any atom is -0.378 e. The van der Waals surface area contributed by atoms with Crippen LogP contribution in [0.15, 0.2) is 24.3 Å². The zero-order valence-corrected chi connectivity index (χ0v) is 13.2. The molecule has 0 aliphatic heterocycles. The molecule has 2 unspecified atom stereocenters. The lowest BCUT2D eigenvalue weighted by Crippen LogP contribution is -2.40. The Kier molecular flexibility index (Phi) is 7.02. The SMILES string of the molecule is CN(C)c1ccc([PH](=O)C(OCCCl)C(=O)NN)cc1. The van der Waals surface area contributed by atoms with Gasteiger partial charge >= 0.3 is 0 Å². The molecule has 0 aliphatic carbocycles. The maximum absolute atomic E-state index is 12.4. The summed E-state index contributed by atoms with van der Waals surface area (Å²) in [4.78, 5) is 13.5. The van der Waals surface area contributed by atoms with Gasteiger partial charge in [0.15, 0.2) is 5.85 Å². The Labute approximate surface area is 124 Å². The molecule has 3 N–H and O–H groups in total. The van der Waals surface area contributed by atoms with E-state index in [4.69, 9.17) is 22.2 Å². The zero-order valence-electron chi connectivity index (χ0n) is 11.4. The van der Waals surface area contributed by atoms with Gasteiger partial charge in [0.05, 0.1) is 6.61 Å². The first kappa shape index (κ1) is 17.0. The molecule has 1 rings (SSSR count). The summed E-state index contributed by atoms with van der Waals surface area (Å²) in [6, 6.07) is 7.10. The van der Waals surface area contributed by atoms with E-state index in [1.807, 2.05) is 36.6 Å². The van der Waals surface area contributed by atoms with E-state index in [2.05, 4.69) is 0 Å². The van der Waals surface area contributed by atoms with Crippen molar-refractivity contribution in [3.05, 3.63) is 24.3 Å². The molecule has 0 spiro atoms. The topological polar surface area (TPSA) is 84.7 Å². The van der Waals surface area contributed by atoms with Crippen LogP contribution < -0.4 is 21.5 Å². The van der Waals surface area contributed by atoms with E-state index in [0.717, 1.165) is 5.69 Å². The number of carbonyl (C=O) groups is 1. The molecule has 20 heavy (non-hydrogen) atoms. The van der Waals surface area contributed by atoms with Gasteiger partial charge in [0.25, 0.3) is 5.91 Å². The predicted molar refractivity (Wildman–Crippen MR) is 82.2 cm³/mol. The Bertz CT molecular complexity index is 468. The quantitative estimate of drug-likeness (QED) is 0.251. The number of hydrogen-bond donors (Lipinski definition) is 2. The second kappa shape index (κ2) is 8.27. The minimum atomic E-state index is -2.47. The Balaban J connectivity index is 2.90. The highest BCUT2D eigenvalue weighted by molar-refractivity contribution is 7.55. The van der Waals surface area contributed by atoms with Gasteiger partial charge in [-0.2, -0.15) is 0 Å². The van der Waals surface area contributed by atoms with E-state index in [1.54, 1.807) is 12.1 Å². The molecule has 0 bridgehead atoms. The number of nitrogens with one attached hydrogen (secondary N) is 1. The first-order valence-corrected chi connectivity index (χ1v) is 8.03. The number of hydrogen-bond acceptors (Lipinski definition) is 5. The molecule has 0 saturated carbocycles. The molecule has 0 aromatic heterocycles. The number of nitrogens with zero attached hydrogens (tertiary/aromatic N) is 1. The van der Waals surface area contributed by atoms with Gasteiger partial charge in [0.2, 0.25) is 0 Å². The second-order valence-corrected chi connectivity index (χ2v) is 6.46. The highest BCUT2D eigenvalue weighted by atomic mass is 35.5. The Morgan fingerprint density at radius 2 is 2.05 bits per heavy atom. The van der Waals surface area contributed by atoms with Crippen LogP contribution in [0.5, 0.6) is 0 Å². The van der Waals surface area contributed by atoms with Crippen molar-refractivity contribution in [1.82, 2.24) is 5.43 Å². The highest BCUT2D eigenvalue weighted by Gasteiger charge is 2.26. The predicted octanol–water partition coefficient (Wildman–Crippen LogP) is 0.509. The smallest absolute Gasteiger partial charge is 0.270 e. The molecular weight excluding hydrogens is 301 g/mol. The van der Waals surface area contributed by atoms with Crippen molar-refractivity contribution in [1.29, 1.82) is 0 Å². The summed E-state index contributed by atoms with van der Waals surface area (Å²) in [5, 5.41) is 0.559. The van der Waals surface area contributed by atoms with Crippen molar-refractivity contribution in [3.63, 3.8) is 0 Å². The Hall–Kier alpha value is -1.07. The number of hydrazine groups is 1. The number of rotatable bonds is 7. The van der Waals surface area contributed by atoms with Crippen molar-refractivity contribution in [2.24, 2.45) is 5.84 Å². The molecule has 6 nitrogen and oxygen atoms in total. The standard InChI is InChI=1S/C12H19ClN3O3P/c1-16(2)9-3-5-10(6-4-9)20(18)12(11(17)15-14)19-8-7-13/h3-6,12,20H,7-8,14H2,1-2H3,(H,15,17). The average Bonchev–Trinajstić information content (AvgIpc) is 2.47. The van der Waals surface area contributed by atoms with E-state index in [9.17, 15) is 9.36 Å². The molecule has 8 heteroatoms. The number of anilines is 1. The Morgan fingerprint density at radius 1 is 1.45 bits per heavy atom. The van der Waals surface area contributed by atoms with E-state index in [1.165, 1.54) is 0 Å². The molecule has 0 heterocycles. The lowest BCUT2D eigenvalue weighted by Gasteiger charge is -2.17. The molecule has 1 aromatic rings. The van der Waals surface area contributed by atoms with Gasteiger partial charge in [-0.25, -0.2) is 5.84 Å². The zero-order chi connectivity index (χ0) is 15.1. The van der Waals surface area contributed by atoms with Gasteiger partial charge in [-0.15, -0.1) is 11.6 Å². The molecule has 1 amide bonds. The first-order valence-electron chi connectivity index (χ1n) is 6.01. The van der Waals surface area contributed by atoms with E-state index < -0.39 is 19.6 Å². The molecule has 112 valence electrons. The van der Waals surface area contributed by atoms with Crippen molar-refractivity contribution in [2.75, 3.05) is 31.5 Å². The number of halogens is 1. The van der Waals surface area contributed by atoms with Crippen LogP contribution in [0.25, 0.3) is 0 Å². The average molecular weight is 320 g/mol. The summed E-state index contributed by atoms with van der Waals surface area (Å²) in [6.07, 6.45) is 0. The highest BCUT2D eigenvalue weighted by Crippen LogP contribution is 2.29. The van der Waals surface area contributed by atoms with Crippen LogP contribution in [0.3, 0.4) is 0 Å². The van der Waals surface area contributed by atoms with Gasteiger partial charge < -0.3 is 14.2 Å². The molecule has 0 fully saturated rings. The monoisotopic (exact) mass is 319 g/mol. The number of carbonyl (C=O) groups excluding carboxylic acids is 1. The van der Waals surface area contributed by atoms with Crippen LogP contribution in [-0.2, 0) is 14.1 Å². The fraction of sp³-hybridized carbons (Fsp3) is 0.417.